The van der Waals surface area contributed by atoms with Gasteiger partial charge in [-0.3, -0.25) is 4.98 Å². The molecule has 3 aromatic carbocycles. The minimum absolute atomic E-state index is 0.136. The van der Waals surface area contributed by atoms with Gasteiger partial charge in [0.05, 0.1) is 11.9 Å². The number of rotatable bonds is 2. The van der Waals surface area contributed by atoms with E-state index in [-0.39, 0.29) is 11.2 Å². The molecule has 30 heavy (non-hydrogen) atoms. The van der Waals surface area contributed by atoms with Crippen LogP contribution in [0.4, 0.5) is 4.39 Å². The topological polar surface area (TPSA) is 26.0 Å². The molecule has 2 nitrogen and oxygen atoms in total. The molecule has 0 fully saturated rings. The van der Waals surface area contributed by atoms with Crippen LogP contribution < -0.4 is 0 Å². The molecule has 5 aromatic rings. The summed E-state index contributed by atoms with van der Waals surface area (Å²) >= 11 is 0. The summed E-state index contributed by atoms with van der Waals surface area (Å²) in [6, 6.07) is 18.3. The summed E-state index contributed by atoms with van der Waals surface area (Å²) in [5.41, 5.74) is 5.67. The Morgan fingerprint density at radius 1 is 0.900 bits per heavy atom. The number of halogens is 1. The quantitative estimate of drug-likeness (QED) is 0.303. The van der Waals surface area contributed by atoms with E-state index in [1.165, 1.54) is 6.20 Å². The van der Waals surface area contributed by atoms with E-state index in [1.807, 2.05) is 30.3 Å². The van der Waals surface area contributed by atoms with Gasteiger partial charge >= 0.3 is 0 Å². The lowest BCUT2D eigenvalue weighted by molar-refractivity contribution is 0.411. The largest absolute Gasteiger partial charge is 0.455 e. The Hall–Kier alpha value is -3.20. The Balaban J connectivity index is 1.79. The third-order valence-electron chi connectivity index (χ3n) is 5.52. The number of pyridine rings is 1. The molecule has 5 rings (SSSR count). The molecule has 0 aliphatic carbocycles. The molecule has 0 aliphatic rings. The first-order valence-electron chi connectivity index (χ1n) is 10.3. The highest BCUT2D eigenvalue weighted by molar-refractivity contribution is 6.11. The van der Waals surface area contributed by atoms with Crippen molar-refractivity contribution in [2.75, 3.05) is 0 Å². The molecular weight excluding hydrogens is 373 g/mol. The number of hydrogen-bond acceptors (Lipinski definition) is 2. The SMILES string of the molecule is Cc1cc(-c2ncc(F)c3cc(CC(C)(C)C)ccc23)c2oc3ccccc3c2c1. The summed E-state index contributed by atoms with van der Waals surface area (Å²) in [4.78, 5) is 4.51. The lowest BCUT2D eigenvalue weighted by atomic mass is 9.87. The second-order valence-corrected chi connectivity index (χ2v) is 9.36. The third-order valence-corrected chi connectivity index (χ3v) is 5.52. The zero-order chi connectivity index (χ0) is 21.0. The molecule has 3 heteroatoms. The van der Waals surface area contributed by atoms with Crippen molar-refractivity contribution in [3.05, 3.63) is 77.7 Å². The van der Waals surface area contributed by atoms with E-state index in [1.54, 1.807) is 0 Å². The first kappa shape index (κ1) is 18.8. The van der Waals surface area contributed by atoms with E-state index in [4.69, 9.17) is 4.42 Å². The van der Waals surface area contributed by atoms with Crippen molar-refractivity contribution >= 4 is 32.7 Å². The van der Waals surface area contributed by atoms with Gasteiger partial charge in [0.25, 0.3) is 0 Å². The van der Waals surface area contributed by atoms with Crippen LogP contribution in [0.25, 0.3) is 44.0 Å². The fourth-order valence-electron chi connectivity index (χ4n) is 4.34. The van der Waals surface area contributed by atoms with Crippen LogP contribution in [0.5, 0.6) is 0 Å². The van der Waals surface area contributed by atoms with Crippen LogP contribution in [0, 0.1) is 18.2 Å². The summed E-state index contributed by atoms with van der Waals surface area (Å²) in [6.45, 7) is 8.64. The number of aromatic nitrogens is 1. The first-order chi connectivity index (χ1) is 14.3. The summed E-state index contributed by atoms with van der Waals surface area (Å²) < 4.78 is 21.0. The van der Waals surface area contributed by atoms with E-state index in [0.717, 1.165) is 56.1 Å². The van der Waals surface area contributed by atoms with Gasteiger partial charge in [0.1, 0.15) is 17.0 Å². The van der Waals surface area contributed by atoms with Crippen molar-refractivity contribution in [3.8, 4) is 11.3 Å². The number of nitrogens with zero attached hydrogens (tertiary/aromatic N) is 1. The molecule has 0 aliphatic heterocycles. The molecule has 0 spiro atoms. The summed E-state index contributed by atoms with van der Waals surface area (Å²) in [5.74, 6) is -0.294. The zero-order valence-electron chi connectivity index (χ0n) is 17.7. The Kier molecular flexibility index (Phi) is 4.18. The highest BCUT2D eigenvalue weighted by atomic mass is 19.1. The van der Waals surface area contributed by atoms with Gasteiger partial charge in [-0.05, 0) is 54.2 Å². The summed E-state index contributed by atoms with van der Waals surface area (Å²) in [5, 5.41) is 3.55. The molecule has 0 unspecified atom stereocenters. The third kappa shape index (κ3) is 3.15. The fraction of sp³-hybridized carbons (Fsp3) is 0.222. The first-order valence-corrected chi connectivity index (χ1v) is 10.3. The van der Waals surface area contributed by atoms with Gasteiger partial charge in [-0.15, -0.1) is 0 Å². The van der Waals surface area contributed by atoms with Crippen LogP contribution >= 0.6 is 0 Å². The van der Waals surface area contributed by atoms with E-state index in [9.17, 15) is 4.39 Å². The Labute approximate surface area is 175 Å². The second-order valence-electron chi connectivity index (χ2n) is 9.36. The van der Waals surface area contributed by atoms with E-state index in [0.29, 0.717) is 5.39 Å². The Bertz CT molecular complexity index is 1420. The lowest BCUT2D eigenvalue weighted by Crippen LogP contribution is -2.09. The van der Waals surface area contributed by atoms with E-state index < -0.39 is 0 Å². The van der Waals surface area contributed by atoms with Crippen molar-refractivity contribution < 1.29 is 8.81 Å². The smallest absolute Gasteiger partial charge is 0.149 e. The minimum Gasteiger partial charge on any atom is -0.455 e. The second kappa shape index (κ2) is 6.66. The van der Waals surface area contributed by atoms with Crippen LogP contribution in [0.15, 0.2) is 65.2 Å². The molecule has 0 amide bonds. The molecule has 0 bridgehead atoms. The maximum Gasteiger partial charge on any atom is 0.149 e. The van der Waals surface area contributed by atoms with Crippen LogP contribution in [-0.2, 0) is 6.42 Å². The molecule has 0 radical (unpaired) electrons. The van der Waals surface area contributed by atoms with Gasteiger partial charge in [-0.1, -0.05) is 51.1 Å². The summed E-state index contributed by atoms with van der Waals surface area (Å²) in [6.07, 6.45) is 2.22. The number of benzene rings is 3. The predicted molar refractivity (Wildman–Crippen MR) is 122 cm³/mol. The van der Waals surface area contributed by atoms with Crippen LogP contribution in [0.1, 0.15) is 31.9 Å². The Morgan fingerprint density at radius 3 is 2.50 bits per heavy atom. The average Bonchev–Trinajstić information content (AvgIpc) is 3.06. The molecule has 2 aromatic heterocycles. The predicted octanol–water partition coefficient (Wildman–Crippen LogP) is 7.84. The van der Waals surface area contributed by atoms with Gasteiger partial charge < -0.3 is 4.42 Å². The highest BCUT2D eigenvalue weighted by Crippen LogP contribution is 2.39. The van der Waals surface area contributed by atoms with Crippen LogP contribution in [0.3, 0.4) is 0 Å². The maximum absolute atomic E-state index is 14.8. The van der Waals surface area contributed by atoms with Gasteiger partial charge in [-0.25, -0.2) is 4.39 Å². The molecular formula is C27H24FNO. The standard InChI is InChI=1S/C27H24FNO/c1-16-11-21-18-7-5-6-8-24(18)30-26(21)22(12-16)25-19-10-9-17(14-27(2,3)4)13-20(19)23(28)15-29-25/h5-13,15H,14H2,1-4H3. The number of hydrogen-bond donors (Lipinski definition) is 0. The number of aryl methyl sites for hydroxylation is 1. The van der Waals surface area contributed by atoms with Gasteiger partial charge in [0.2, 0.25) is 0 Å². The molecule has 0 saturated carbocycles. The molecule has 150 valence electrons. The monoisotopic (exact) mass is 397 g/mol. The minimum atomic E-state index is -0.294. The van der Waals surface area contributed by atoms with Crippen molar-refractivity contribution in [2.45, 2.75) is 34.1 Å². The van der Waals surface area contributed by atoms with Gasteiger partial charge in [-0.2, -0.15) is 0 Å². The van der Waals surface area contributed by atoms with E-state index >= 15 is 0 Å². The van der Waals surface area contributed by atoms with Crippen molar-refractivity contribution in [2.24, 2.45) is 5.41 Å². The van der Waals surface area contributed by atoms with Crippen molar-refractivity contribution in [3.63, 3.8) is 0 Å². The van der Waals surface area contributed by atoms with Gasteiger partial charge in [0.15, 0.2) is 0 Å². The molecule has 0 N–H and O–H groups in total. The number of fused-ring (bicyclic) bond motifs is 4. The molecule has 0 atom stereocenters. The van der Waals surface area contributed by atoms with Crippen molar-refractivity contribution in [1.29, 1.82) is 0 Å². The van der Waals surface area contributed by atoms with E-state index in [2.05, 4.69) is 56.9 Å². The maximum atomic E-state index is 14.8. The molecule has 2 heterocycles. The normalized spacial score (nSPS) is 12.3. The number of para-hydroxylation sites is 1. The summed E-state index contributed by atoms with van der Waals surface area (Å²) in [7, 11) is 0. The Morgan fingerprint density at radius 2 is 1.70 bits per heavy atom. The average molecular weight is 397 g/mol. The van der Waals surface area contributed by atoms with Crippen LogP contribution in [0.2, 0.25) is 0 Å². The van der Waals surface area contributed by atoms with Crippen molar-refractivity contribution in [1.82, 2.24) is 4.98 Å². The lowest BCUT2D eigenvalue weighted by Gasteiger charge is -2.18. The van der Waals surface area contributed by atoms with Crippen LogP contribution in [-0.4, -0.2) is 4.98 Å². The highest BCUT2D eigenvalue weighted by Gasteiger charge is 2.18. The number of furan rings is 1. The van der Waals surface area contributed by atoms with Gasteiger partial charge in [0, 0.05) is 27.1 Å². The fourth-order valence-corrected chi connectivity index (χ4v) is 4.34. The zero-order valence-corrected chi connectivity index (χ0v) is 17.7. The molecule has 0 saturated heterocycles.